The van der Waals surface area contributed by atoms with E-state index in [2.05, 4.69) is 22.3 Å². The molecule has 0 radical (unpaired) electrons. The van der Waals surface area contributed by atoms with Crippen LogP contribution in [0.25, 0.3) is 5.57 Å². The molecule has 2 N–H and O–H groups in total. The van der Waals surface area contributed by atoms with Crippen molar-refractivity contribution in [2.45, 2.75) is 19.4 Å². The van der Waals surface area contributed by atoms with Gasteiger partial charge in [0.15, 0.2) is 6.10 Å². The zero-order chi connectivity index (χ0) is 22.8. The van der Waals surface area contributed by atoms with Gasteiger partial charge in [0, 0.05) is 61.4 Å². The quantitative estimate of drug-likeness (QED) is 0.654. The molecule has 0 bridgehead atoms. The number of carbonyl (C=O) groups excluding carboxylic acids is 2. The Bertz CT molecular complexity index is 1100. The summed E-state index contributed by atoms with van der Waals surface area (Å²) in [7, 11) is 1.59. The predicted octanol–water partition coefficient (Wildman–Crippen LogP) is 3.28. The second kappa shape index (κ2) is 9.44. The summed E-state index contributed by atoms with van der Waals surface area (Å²) < 4.78 is 6.23. The Balaban J connectivity index is 1.70. The van der Waals surface area contributed by atoms with Crippen LogP contribution in [0, 0.1) is 0 Å². The number of piperazine rings is 1. The number of rotatable bonds is 5. The molecule has 2 aliphatic rings. The third-order valence-corrected chi connectivity index (χ3v) is 7.03. The maximum atomic E-state index is 13.0. The average molecular weight is 473 g/mol. The van der Waals surface area contributed by atoms with Crippen LogP contribution < -0.4 is 15.4 Å². The zero-order valence-corrected chi connectivity index (χ0v) is 19.6. The number of hydrogen-bond acceptors (Lipinski definition) is 6. The lowest BCUT2D eigenvalue weighted by molar-refractivity contribution is -0.138. The monoisotopic (exact) mass is 472 g/mol. The molecule has 2 aliphatic heterocycles. The topological polar surface area (TPSA) is 83.0 Å². The molecule has 1 aromatic carbocycles. The van der Waals surface area contributed by atoms with Gasteiger partial charge in [-0.2, -0.15) is 0 Å². The van der Waals surface area contributed by atoms with Crippen LogP contribution >= 0.6 is 22.9 Å². The average Bonchev–Trinajstić information content (AvgIpc) is 3.43. The molecule has 168 valence electrons. The van der Waals surface area contributed by atoms with Gasteiger partial charge in [0.1, 0.15) is 5.75 Å². The van der Waals surface area contributed by atoms with E-state index in [0.717, 1.165) is 34.7 Å². The summed E-state index contributed by atoms with van der Waals surface area (Å²) >= 11 is 7.79. The second-order valence-corrected chi connectivity index (χ2v) is 9.08. The highest BCUT2D eigenvalue weighted by Crippen LogP contribution is 2.45. The van der Waals surface area contributed by atoms with Crippen molar-refractivity contribution in [2.24, 2.45) is 4.99 Å². The molecule has 3 heterocycles. The number of carbonyl (C=O) groups is 2. The summed E-state index contributed by atoms with van der Waals surface area (Å²) in [5.41, 5.74) is 3.13. The predicted molar refractivity (Wildman–Crippen MR) is 129 cm³/mol. The molecule has 4 rings (SSSR count). The highest BCUT2D eigenvalue weighted by Gasteiger charge is 2.35. The van der Waals surface area contributed by atoms with Gasteiger partial charge in [-0.3, -0.25) is 14.6 Å². The van der Waals surface area contributed by atoms with Crippen molar-refractivity contribution in [3.05, 3.63) is 50.2 Å². The van der Waals surface area contributed by atoms with Crippen molar-refractivity contribution in [1.29, 1.82) is 0 Å². The lowest BCUT2D eigenvalue weighted by Crippen LogP contribution is -2.50. The smallest absolute Gasteiger partial charge is 0.264 e. The molecule has 0 aliphatic carbocycles. The number of fused-ring (bicyclic) bond motifs is 1. The minimum Gasteiger partial charge on any atom is -0.479 e. The highest BCUT2D eigenvalue weighted by molar-refractivity contribution is 7.15. The van der Waals surface area contributed by atoms with E-state index in [9.17, 15) is 9.59 Å². The van der Waals surface area contributed by atoms with Crippen LogP contribution in [0.3, 0.4) is 0 Å². The van der Waals surface area contributed by atoms with Crippen LogP contribution in [0.15, 0.2) is 29.3 Å². The highest BCUT2D eigenvalue weighted by atomic mass is 35.5. The number of ether oxygens (including phenoxy) is 1. The van der Waals surface area contributed by atoms with Crippen LogP contribution in [0.2, 0.25) is 5.02 Å². The molecule has 9 heteroatoms. The van der Waals surface area contributed by atoms with Crippen LogP contribution in [0.1, 0.15) is 32.6 Å². The van der Waals surface area contributed by atoms with Gasteiger partial charge in [0.05, 0.1) is 15.4 Å². The molecule has 2 aromatic rings. The maximum absolute atomic E-state index is 13.0. The van der Waals surface area contributed by atoms with Gasteiger partial charge >= 0.3 is 0 Å². The first kappa shape index (κ1) is 22.5. The van der Waals surface area contributed by atoms with Crippen LogP contribution in [-0.2, 0) is 11.2 Å². The van der Waals surface area contributed by atoms with Gasteiger partial charge in [0.2, 0.25) is 0 Å². The summed E-state index contributed by atoms with van der Waals surface area (Å²) in [6, 6.07) is 5.41. The Morgan fingerprint density at radius 1 is 1.34 bits per heavy atom. The fourth-order valence-corrected chi connectivity index (χ4v) is 5.48. The first-order valence-electron chi connectivity index (χ1n) is 10.4. The van der Waals surface area contributed by atoms with Crippen molar-refractivity contribution in [1.82, 2.24) is 15.5 Å². The fraction of sp³-hybridized carbons (Fsp3) is 0.348. The van der Waals surface area contributed by atoms with Crippen molar-refractivity contribution in [2.75, 3.05) is 33.2 Å². The third-order valence-electron chi connectivity index (χ3n) is 5.66. The number of nitrogens with zero attached hydrogens (tertiary/aromatic N) is 2. The van der Waals surface area contributed by atoms with Gasteiger partial charge in [-0.05, 0) is 31.8 Å². The minimum absolute atomic E-state index is 0.00160. The summed E-state index contributed by atoms with van der Waals surface area (Å²) in [4.78, 5) is 32.5. The normalized spacial score (nSPS) is 18.2. The Labute approximate surface area is 196 Å². The summed E-state index contributed by atoms with van der Waals surface area (Å²) in [5, 5.41) is 6.46. The third kappa shape index (κ3) is 4.18. The number of allylic oxidation sites excluding steroid dienone is 1. The minimum atomic E-state index is -0.569. The van der Waals surface area contributed by atoms with Crippen LogP contribution in [-0.4, -0.2) is 62.8 Å². The Kier molecular flexibility index (Phi) is 6.64. The first-order valence-corrected chi connectivity index (χ1v) is 11.6. The lowest BCUT2D eigenvalue weighted by Gasteiger charge is -2.29. The number of thiophene rings is 1. The molecule has 2 amide bonds. The van der Waals surface area contributed by atoms with Crippen LogP contribution in [0.4, 0.5) is 5.69 Å². The second-order valence-electron chi connectivity index (χ2n) is 7.59. The standard InChI is InChI=1S/C23H25ClN4O3S/c1-4-15(21-17(25-2)12-19(32-21)22(29)26-3)16-11-14(24)9-13-10-18(31-20(13)16)23(30)28-7-5-27-6-8-28/h4,9,11-12,18,27H,2,5-8,10H2,1,3H3,(H,26,29)/b15-4-. The van der Waals surface area contributed by atoms with E-state index in [1.54, 1.807) is 13.1 Å². The Hall–Kier alpha value is -2.68. The SMILES string of the molecule is C=Nc1cc(C(=O)NC)sc1/C(=C\C)c1cc(Cl)cc2c1OC(C(=O)N1CCNCC1)C2. The lowest BCUT2D eigenvalue weighted by atomic mass is 9.98. The summed E-state index contributed by atoms with van der Waals surface area (Å²) in [6.07, 6.45) is 1.85. The summed E-state index contributed by atoms with van der Waals surface area (Å²) in [5.74, 6) is 0.468. The molecule has 7 nitrogen and oxygen atoms in total. The maximum Gasteiger partial charge on any atom is 0.264 e. The molecule has 1 fully saturated rings. The fourth-order valence-electron chi connectivity index (χ4n) is 4.09. The van der Waals surface area contributed by atoms with Crippen molar-refractivity contribution >= 4 is 52.7 Å². The van der Waals surface area contributed by atoms with E-state index < -0.39 is 6.10 Å². The number of amides is 2. The van der Waals surface area contributed by atoms with E-state index in [1.807, 2.05) is 30.0 Å². The molecule has 1 aromatic heterocycles. The molecular formula is C23H25ClN4O3S. The molecule has 0 saturated carbocycles. The molecule has 0 spiro atoms. The molecule has 32 heavy (non-hydrogen) atoms. The van der Waals surface area contributed by atoms with Crippen LogP contribution in [0.5, 0.6) is 5.75 Å². The van der Waals surface area contributed by atoms with Gasteiger partial charge < -0.3 is 20.3 Å². The zero-order valence-electron chi connectivity index (χ0n) is 18.0. The molecular weight excluding hydrogens is 448 g/mol. The summed E-state index contributed by atoms with van der Waals surface area (Å²) in [6.45, 7) is 8.50. The van der Waals surface area contributed by atoms with Gasteiger partial charge in [-0.25, -0.2) is 0 Å². The first-order chi connectivity index (χ1) is 15.5. The van der Waals surface area contributed by atoms with Gasteiger partial charge in [0.25, 0.3) is 11.8 Å². The van der Waals surface area contributed by atoms with Gasteiger partial charge in [-0.1, -0.05) is 17.7 Å². The number of hydrogen-bond donors (Lipinski definition) is 2. The molecule has 1 atom stereocenters. The van der Waals surface area contributed by atoms with E-state index in [0.29, 0.717) is 40.8 Å². The van der Waals surface area contributed by atoms with Gasteiger partial charge in [-0.15, -0.1) is 11.3 Å². The Morgan fingerprint density at radius 3 is 2.75 bits per heavy atom. The number of aliphatic imine (C=N–C) groups is 1. The van der Waals surface area contributed by atoms with Crippen molar-refractivity contribution in [3.63, 3.8) is 0 Å². The van der Waals surface area contributed by atoms with E-state index in [1.165, 1.54) is 11.3 Å². The van der Waals surface area contributed by atoms with E-state index in [-0.39, 0.29) is 11.8 Å². The number of benzene rings is 1. The van der Waals surface area contributed by atoms with E-state index >= 15 is 0 Å². The number of nitrogens with one attached hydrogen (secondary N) is 2. The Morgan fingerprint density at radius 2 is 2.09 bits per heavy atom. The molecule has 1 unspecified atom stereocenters. The van der Waals surface area contributed by atoms with E-state index in [4.69, 9.17) is 16.3 Å². The van der Waals surface area contributed by atoms with Crippen molar-refractivity contribution in [3.8, 4) is 5.75 Å². The van der Waals surface area contributed by atoms with Crippen molar-refractivity contribution < 1.29 is 14.3 Å². The molecule has 1 saturated heterocycles. The largest absolute Gasteiger partial charge is 0.479 e. The number of halogens is 1.